The highest BCUT2D eigenvalue weighted by atomic mass is 16.6. The molecule has 0 aromatic carbocycles. The van der Waals surface area contributed by atoms with Crippen molar-refractivity contribution in [1.82, 2.24) is 19.5 Å². The molecule has 1 fully saturated rings. The summed E-state index contributed by atoms with van der Waals surface area (Å²) in [6.07, 6.45) is 0.907. The van der Waals surface area contributed by atoms with Gasteiger partial charge in [-0.25, -0.2) is 15.0 Å². The van der Waals surface area contributed by atoms with Crippen LogP contribution in [0.1, 0.15) is 19.6 Å². The van der Waals surface area contributed by atoms with Gasteiger partial charge in [-0.1, -0.05) is 0 Å². The maximum atomic E-state index is 9.55. The largest absolute Gasteiger partial charge is 0.394 e. The third-order valence-corrected chi connectivity index (χ3v) is 4.56. The van der Waals surface area contributed by atoms with Gasteiger partial charge in [0.05, 0.1) is 32.5 Å². The van der Waals surface area contributed by atoms with E-state index in [0.717, 1.165) is 0 Å². The number of methoxy groups -OCH3 is 1. The summed E-state index contributed by atoms with van der Waals surface area (Å²) >= 11 is 0. The molecule has 1 aliphatic heterocycles. The molecule has 1 aliphatic rings. The SMILES string of the molecule is CCOCCOCCNc1nc2c(N)ncnc2n1C1CC(OC)C(CO)O1. The molecule has 0 radical (unpaired) electrons. The molecule has 3 heterocycles. The Kier molecular flexibility index (Phi) is 7.34. The van der Waals surface area contributed by atoms with Gasteiger partial charge in [-0.05, 0) is 6.92 Å². The van der Waals surface area contributed by atoms with E-state index in [-0.39, 0.29) is 12.7 Å². The first-order chi connectivity index (χ1) is 13.7. The summed E-state index contributed by atoms with van der Waals surface area (Å²) in [5.41, 5.74) is 7.02. The van der Waals surface area contributed by atoms with Crippen LogP contribution in [0.3, 0.4) is 0 Å². The standard InChI is InChI=1S/C17H28N6O5/c1-3-26-6-7-27-5-4-19-17-22-14-15(18)20-10-21-16(14)23(17)13-8-11(25-2)12(9-24)28-13/h10-13,24H,3-9H2,1-2H3,(H,19,22)(H2,18,20,21). The molecule has 11 nitrogen and oxygen atoms in total. The van der Waals surface area contributed by atoms with E-state index in [1.54, 1.807) is 7.11 Å². The Bertz CT molecular complexity index is 745. The van der Waals surface area contributed by atoms with Gasteiger partial charge in [0, 0.05) is 26.7 Å². The van der Waals surface area contributed by atoms with Gasteiger partial charge in [0.15, 0.2) is 17.0 Å². The van der Waals surface area contributed by atoms with E-state index in [1.165, 1.54) is 6.33 Å². The van der Waals surface area contributed by atoms with Crippen LogP contribution in [0, 0.1) is 0 Å². The minimum atomic E-state index is -0.415. The van der Waals surface area contributed by atoms with Crippen LogP contribution in [0.4, 0.5) is 11.8 Å². The Morgan fingerprint density at radius 2 is 2.14 bits per heavy atom. The van der Waals surface area contributed by atoms with Gasteiger partial charge < -0.3 is 35.1 Å². The normalized spacial score (nSPS) is 22.2. The molecule has 0 aliphatic carbocycles. The van der Waals surface area contributed by atoms with E-state index in [4.69, 9.17) is 24.7 Å². The summed E-state index contributed by atoms with van der Waals surface area (Å²) in [6.45, 7) is 4.61. The van der Waals surface area contributed by atoms with Crippen molar-refractivity contribution in [2.45, 2.75) is 31.8 Å². The van der Waals surface area contributed by atoms with E-state index in [0.29, 0.717) is 62.3 Å². The lowest BCUT2D eigenvalue weighted by molar-refractivity contribution is -0.0507. The number of nitrogens with one attached hydrogen (secondary N) is 1. The molecule has 156 valence electrons. The molecule has 0 bridgehead atoms. The summed E-state index contributed by atoms with van der Waals surface area (Å²) in [6, 6.07) is 0. The smallest absolute Gasteiger partial charge is 0.207 e. The summed E-state index contributed by atoms with van der Waals surface area (Å²) in [4.78, 5) is 12.9. The van der Waals surface area contributed by atoms with Crippen molar-refractivity contribution >= 4 is 22.9 Å². The molecule has 4 N–H and O–H groups in total. The second-order valence-electron chi connectivity index (χ2n) is 6.29. The predicted octanol–water partition coefficient (Wildman–Crippen LogP) is 0.168. The van der Waals surface area contributed by atoms with Crippen LogP contribution in [0.25, 0.3) is 11.2 Å². The number of aromatic nitrogens is 4. The molecule has 0 spiro atoms. The zero-order chi connectivity index (χ0) is 19.9. The minimum absolute atomic E-state index is 0.130. The number of fused-ring (bicyclic) bond motifs is 1. The number of rotatable bonds is 11. The van der Waals surface area contributed by atoms with Crippen LogP contribution in [0.15, 0.2) is 6.33 Å². The minimum Gasteiger partial charge on any atom is -0.394 e. The van der Waals surface area contributed by atoms with E-state index in [2.05, 4.69) is 20.3 Å². The van der Waals surface area contributed by atoms with Crippen LogP contribution in [0.5, 0.6) is 0 Å². The average molecular weight is 396 g/mol. The maximum absolute atomic E-state index is 9.55. The fourth-order valence-electron chi connectivity index (χ4n) is 3.19. The average Bonchev–Trinajstić information content (AvgIpc) is 3.28. The van der Waals surface area contributed by atoms with Crippen molar-refractivity contribution in [2.75, 3.05) is 57.7 Å². The topological polar surface area (TPSA) is 139 Å². The van der Waals surface area contributed by atoms with Gasteiger partial charge in [0.25, 0.3) is 0 Å². The van der Waals surface area contributed by atoms with Gasteiger partial charge in [0.2, 0.25) is 5.95 Å². The monoisotopic (exact) mass is 396 g/mol. The number of anilines is 2. The van der Waals surface area contributed by atoms with Gasteiger partial charge >= 0.3 is 0 Å². The first-order valence-electron chi connectivity index (χ1n) is 9.36. The lowest BCUT2D eigenvalue weighted by atomic mass is 10.2. The molecule has 11 heteroatoms. The quantitative estimate of drug-likeness (QED) is 0.450. The first-order valence-corrected chi connectivity index (χ1v) is 9.36. The number of aliphatic hydroxyl groups is 1. The molecule has 3 atom stereocenters. The van der Waals surface area contributed by atoms with E-state index in [9.17, 15) is 5.11 Å². The van der Waals surface area contributed by atoms with Crippen molar-refractivity contribution < 1.29 is 24.1 Å². The number of aliphatic hydroxyl groups excluding tert-OH is 1. The van der Waals surface area contributed by atoms with Crippen LogP contribution < -0.4 is 11.1 Å². The third kappa shape index (κ3) is 4.50. The second-order valence-corrected chi connectivity index (χ2v) is 6.29. The van der Waals surface area contributed by atoms with E-state index >= 15 is 0 Å². The van der Waals surface area contributed by atoms with Gasteiger partial charge in [0.1, 0.15) is 18.7 Å². The van der Waals surface area contributed by atoms with Crippen molar-refractivity contribution in [1.29, 1.82) is 0 Å². The molecule has 2 aromatic rings. The zero-order valence-corrected chi connectivity index (χ0v) is 16.2. The van der Waals surface area contributed by atoms with Crippen molar-refractivity contribution in [3.63, 3.8) is 0 Å². The predicted molar refractivity (Wildman–Crippen MR) is 102 cm³/mol. The summed E-state index contributed by atoms with van der Waals surface area (Å²) in [7, 11) is 1.60. The van der Waals surface area contributed by atoms with Crippen molar-refractivity contribution in [2.24, 2.45) is 0 Å². The Morgan fingerprint density at radius 3 is 2.86 bits per heavy atom. The lowest BCUT2D eigenvalue weighted by Crippen LogP contribution is -2.26. The molecule has 1 saturated heterocycles. The third-order valence-electron chi connectivity index (χ3n) is 4.56. The van der Waals surface area contributed by atoms with Crippen LogP contribution in [0.2, 0.25) is 0 Å². The number of nitrogens with two attached hydrogens (primary N) is 1. The Hall–Kier alpha value is -2.05. The van der Waals surface area contributed by atoms with Gasteiger partial charge in [-0.3, -0.25) is 4.57 Å². The van der Waals surface area contributed by atoms with Crippen LogP contribution in [-0.2, 0) is 18.9 Å². The van der Waals surface area contributed by atoms with Crippen LogP contribution in [-0.4, -0.2) is 83.5 Å². The number of ether oxygens (including phenoxy) is 4. The number of imidazole rings is 1. The molecule has 2 aromatic heterocycles. The highest BCUT2D eigenvalue weighted by Gasteiger charge is 2.38. The molecule has 0 amide bonds. The van der Waals surface area contributed by atoms with Crippen molar-refractivity contribution in [3.8, 4) is 0 Å². The van der Waals surface area contributed by atoms with Crippen molar-refractivity contribution in [3.05, 3.63) is 6.33 Å². The Morgan fingerprint density at radius 1 is 1.32 bits per heavy atom. The molecule has 0 saturated carbocycles. The molecule has 3 unspecified atom stereocenters. The summed E-state index contributed by atoms with van der Waals surface area (Å²) < 4.78 is 24.0. The molecule has 3 rings (SSSR count). The summed E-state index contributed by atoms with van der Waals surface area (Å²) in [5, 5.41) is 12.8. The second kappa shape index (κ2) is 9.94. The van der Waals surface area contributed by atoms with E-state index < -0.39 is 12.3 Å². The number of hydrogen-bond donors (Lipinski definition) is 3. The fourth-order valence-corrected chi connectivity index (χ4v) is 3.19. The zero-order valence-electron chi connectivity index (χ0n) is 16.2. The van der Waals surface area contributed by atoms with Gasteiger partial charge in [-0.2, -0.15) is 0 Å². The maximum Gasteiger partial charge on any atom is 0.207 e. The van der Waals surface area contributed by atoms with Crippen LogP contribution >= 0.6 is 0 Å². The summed E-state index contributed by atoms with van der Waals surface area (Å²) in [5.74, 6) is 0.841. The van der Waals surface area contributed by atoms with E-state index in [1.807, 2.05) is 11.5 Å². The Labute approximate surface area is 163 Å². The molecule has 28 heavy (non-hydrogen) atoms. The number of hydrogen-bond acceptors (Lipinski definition) is 10. The lowest BCUT2D eigenvalue weighted by Gasteiger charge is -2.17. The number of nitrogen functional groups attached to an aromatic ring is 1. The fraction of sp³-hybridized carbons (Fsp3) is 0.706. The van der Waals surface area contributed by atoms with Gasteiger partial charge in [-0.15, -0.1) is 0 Å². The molecular formula is C17H28N6O5. The highest BCUT2D eigenvalue weighted by molar-refractivity contribution is 5.84. The first kappa shape index (κ1) is 20.7. The highest BCUT2D eigenvalue weighted by Crippen LogP contribution is 2.35. The Balaban J connectivity index is 1.74. The number of nitrogens with zero attached hydrogens (tertiary/aromatic N) is 4. The molecular weight excluding hydrogens is 368 g/mol.